The number of nitrogens with zero attached hydrogens (tertiary/aromatic N) is 3. The minimum Gasteiger partial charge on any atom is -0.487 e. The average Bonchev–Trinajstić information content (AvgIpc) is 3.27. The molecule has 0 aliphatic carbocycles. The molecular formula is C21H18N4O8S. The van der Waals surface area contributed by atoms with Gasteiger partial charge in [0.15, 0.2) is 17.0 Å². The molecule has 13 heteroatoms. The van der Waals surface area contributed by atoms with Crippen LogP contribution in [0.1, 0.15) is 24.2 Å². The van der Waals surface area contributed by atoms with Gasteiger partial charge in [-0.3, -0.25) is 30.3 Å². The van der Waals surface area contributed by atoms with Crippen molar-refractivity contribution in [3.63, 3.8) is 0 Å². The molecule has 0 aliphatic heterocycles. The lowest BCUT2D eigenvalue weighted by atomic mass is 10.1. The summed E-state index contributed by atoms with van der Waals surface area (Å²) in [5, 5.41) is 26.5. The Hall–Kier alpha value is -4.39. The molecule has 0 fully saturated rings. The van der Waals surface area contributed by atoms with E-state index in [0.717, 1.165) is 17.4 Å². The van der Waals surface area contributed by atoms with Gasteiger partial charge in [0.2, 0.25) is 0 Å². The van der Waals surface area contributed by atoms with Crippen LogP contribution in [0.25, 0.3) is 11.3 Å². The Kier molecular flexibility index (Phi) is 7.48. The molecule has 0 spiro atoms. The number of rotatable bonds is 9. The highest BCUT2D eigenvalue weighted by Crippen LogP contribution is 2.29. The second-order valence-electron chi connectivity index (χ2n) is 6.75. The summed E-state index contributed by atoms with van der Waals surface area (Å²) < 4.78 is 10.3. The number of carbonyl (C=O) groups is 2. The van der Waals surface area contributed by atoms with E-state index in [9.17, 15) is 29.8 Å². The lowest BCUT2D eigenvalue weighted by Crippen LogP contribution is -2.30. The summed E-state index contributed by atoms with van der Waals surface area (Å²) in [4.78, 5) is 50.1. The summed E-state index contributed by atoms with van der Waals surface area (Å²) in [5.74, 6) is -1.59. The Morgan fingerprint density at radius 1 is 1.15 bits per heavy atom. The molecule has 34 heavy (non-hydrogen) atoms. The van der Waals surface area contributed by atoms with Gasteiger partial charge in [-0.15, -0.1) is 11.3 Å². The monoisotopic (exact) mass is 486 g/mol. The highest BCUT2D eigenvalue weighted by Gasteiger charge is 2.23. The van der Waals surface area contributed by atoms with Gasteiger partial charge in [0.1, 0.15) is 0 Å². The number of aromatic nitrogens is 1. The third-order valence-corrected chi connectivity index (χ3v) is 5.19. The van der Waals surface area contributed by atoms with Crippen molar-refractivity contribution >= 4 is 39.7 Å². The maximum atomic E-state index is 12.4. The maximum Gasteiger partial charge on any atom is 0.339 e. The lowest BCUT2D eigenvalue weighted by Gasteiger charge is -2.13. The van der Waals surface area contributed by atoms with Crippen molar-refractivity contribution in [2.24, 2.45) is 0 Å². The molecule has 1 aromatic heterocycles. The zero-order chi connectivity index (χ0) is 24.8. The molecule has 0 aliphatic rings. The molecule has 0 radical (unpaired) electrons. The molecule has 0 bridgehead atoms. The first-order valence-corrected chi connectivity index (χ1v) is 10.7. The van der Waals surface area contributed by atoms with Gasteiger partial charge in [0.05, 0.1) is 27.7 Å². The third kappa shape index (κ3) is 5.69. The van der Waals surface area contributed by atoms with Gasteiger partial charge in [-0.2, -0.15) is 0 Å². The highest BCUT2D eigenvalue weighted by atomic mass is 32.1. The van der Waals surface area contributed by atoms with E-state index >= 15 is 0 Å². The van der Waals surface area contributed by atoms with Crippen LogP contribution >= 0.6 is 11.3 Å². The van der Waals surface area contributed by atoms with Crippen LogP contribution < -0.4 is 10.1 Å². The van der Waals surface area contributed by atoms with Crippen LogP contribution in [0.15, 0.2) is 47.8 Å². The van der Waals surface area contributed by atoms with Crippen molar-refractivity contribution in [3.8, 4) is 17.0 Å². The molecule has 1 atom stereocenters. The van der Waals surface area contributed by atoms with Crippen LogP contribution in [0.2, 0.25) is 0 Å². The fourth-order valence-corrected chi connectivity index (χ4v) is 3.52. The molecule has 3 rings (SSSR count). The number of amides is 1. The number of anilines is 1. The number of ether oxygens (including phenoxy) is 2. The van der Waals surface area contributed by atoms with Gasteiger partial charge in [0, 0.05) is 29.1 Å². The summed E-state index contributed by atoms with van der Waals surface area (Å²) in [6.07, 6.45) is -1.23. The first-order chi connectivity index (χ1) is 16.2. The summed E-state index contributed by atoms with van der Waals surface area (Å²) in [7, 11) is 0. The van der Waals surface area contributed by atoms with E-state index in [-0.39, 0.29) is 28.7 Å². The Bertz CT molecular complexity index is 1260. The largest absolute Gasteiger partial charge is 0.487 e. The van der Waals surface area contributed by atoms with Crippen LogP contribution in [0.3, 0.4) is 0 Å². The van der Waals surface area contributed by atoms with Crippen molar-refractivity contribution in [2.75, 3.05) is 11.9 Å². The molecule has 2 aromatic carbocycles. The predicted octanol–water partition coefficient (Wildman–Crippen LogP) is 4.21. The minimum atomic E-state index is -1.23. The molecule has 12 nitrogen and oxygen atoms in total. The molecular weight excluding hydrogens is 468 g/mol. The smallest absolute Gasteiger partial charge is 0.339 e. The Morgan fingerprint density at radius 3 is 2.59 bits per heavy atom. The van der Waals surface area contributed by atoms with E-state index in [1.165, 1.54) is 37.3 Å². The van der Waals surface area contributed by atoms with E-state index in [1.54, 1.807) is 18.4 Å². The number of hydrogen-bond donors (Lipinski definition) is 1. The van der Waals surface area contributed by atoms with Gasteiger partial charge in [-0.05, 0) is 26.0 Å². The summed E-state index contributed by atoms with van der Waals surface area (Å²) in [6, 6.07) is 9.50. The van der Waals surface area contributed by atoms with E-state index in [4.69, 9.17) is 9.47 Å². The molecule has 1 amide bonds. The van der Waals surface area contributed by atoms with Crippen LogP contribution in [0, 0.1) is 20.2 Å². The molecule has 1 N–H and O–H groups in total. The SMILES string of the molecule is CCOc1ccc(C(=O)OC(C)C(=O)Nc2nc(-c3cccc([N+](=O)[O-])c3)cs2)cc1[N+](=O)[O-]. The van der Waals surface area contributed by atoms with Gasteiger partial charge >= 0.3 is 11.7 Å². The topological polar surface area (TPSA) is 164 Å². The summed E-state index contributed by atoms with van der Waals surface area (Å²) in [5.41, 5.74) is 0.325. The van der Waals surface area contributed by atoms with E-state index in [1.807, 2.05) is 0 Å². The standard InChI is InChI=1S/C21H18N4O8S/c1-3-32-18-8-7-14(10-17(18)25(30)31)20(27)33-12(2)19(26)23-21-22-16(11-34-21)13-5-4-6-15(9-13)24(28)29/h4-12H,3H2,1-2H3,(H,22,23,26). The average molecular weight is 486 g/mol. The normalized spacial score (nSPS) is 11.4. The quantitative estimate of drug-likeness (QED) is 0.265. The molecule has 1 unspecified atom stereocenters. The highest BCUT2D eigenvalue weighted by molar-refractivity contribution is 7.14. The van der Waals surface area contributed by atoms with Crippen LogP contribution in [-0.2, 0) is 9.53 Å². The van der Waals surface area contributed by atoms with Crippen LogP contribution in [0.5, 0.6) is 5.75 Å². The summed E-state index contributed by atoms with van der Waals surface area (Å²) >= 11 is 1.09. The lowest BCUT2D eigenvalue weighted by molar-refractivity contribution is -0.385. The van der Waals surface area contributed by atoms with E-state index in [2.05, 4.69) is 10.3 Å². The van der Waals surface area contributed by atoms with Crippen molar-refractivity contribution in [3.05, 3.63) is 73.6 Å². The molecule has 0 saturated heterocycles. The fraction of sp³-hybridized carbons (Fsp3) is 0.190. The van der Waals surface area contributed by atoms with Crippen LogP contribution in [-0.4, -0.2) is 39.4 Å². The van der Waals surface area contributed by atoms with Crippen LogP contribution in [0.4, 0.5) is 16.5 Å². The number of non-ortho nitro benzene ring substituents is 1. The minimum absolute atomic E-state index is 0.0122. The van der Waals surface area contributed by atoms with Crippen molar-refractivity contribution in [2.45, 2.75) is 20.0 Å². The number of benzene rings is 2. The molecule has 1 heterocycles. The predicted molar refractivity (Wildman–Crippen MR) is 122 cm³/mol. The van der Waals surface area contributed by atoms with Gasteiger partial charge in [-0.25, -0.2) is 9.78 Å². The second kappa shape index (κ2) is 10.5. The van der Waals surface area contributed by atoms with E-state index in [0.29, 0.717) is 11.3 Å². The Morgan fingerprint density at radius 2 is 1.91 bits per heavy atom. The molecule has 176 valence electrons. The zero-order valence-corrected chi connectivity index (χ0v) is 18.7. The van der Waals surface area contributed by atoms with Crippen molar-refractivity contribution in [1.29, 1.82) is 0 Å². The van der Waals surface area contributed by atoms with Gasteiger partial charge in [-0.1, -0.05) is 12.1 Å². The molecule has 3 aromatic rings. The fourth-order valence-electron chi connectivity index (χ4n) is 2.80. The number of thiazole rings is 1. The van der Waals surface area contributed by atoms with Crippen molar-refractivity contribution < 1.29 is 28.9 Å². The Labute approximate surface area is 196 Å². The number of nitro benzene ring substituents is 2. The number of esters is 1. The Balaban J connectivity index is 1.66. The summed E-state index contributed by atoms with van der Waals surface area (Å²) in [6.45, 7) is 3.22. The first-order valence-electron chi connectivity index (χ1n) is 9.83. The first kappa shape index (κ1) is 24.3. The molecule has 0 saturated carbocycles. The number of hydrogen-bond acceptors (Lipinski definition) is 10. The maximum absolute atomic E-state index is 12.4. The van der Waals surface area contributed by atoms with E-state index < -0.39 is 33.5 Å². The zero-order valence-electron chi connectivity index (χ0n) is 17.9. The van der Waals surface area contributed by atoms with Gasteiger partial charge < -0.3 is 9.47 Å². The number of nitro groups is 2. The van der Waals surface area contributed by atoms with Crippen molar-refractivity contribution in [1.82, 2.24) is 4.98 Å². The van der Waals surface area contributed by atoms with Gasteiger partial charge in [0.25, 0.3) is 11.6 Å². The third-order valence-electron chi connectivity index (χ3n) is 4.43. The number of nitrogens with one attached hydrogen (secondary N) is 1. The number of carbonyl (C=O) groups excluding carboxylic acids is 2. The second-order valence-corrected chi connectivity index (χ2v) is 7.61.